The number of carboxylic acids is 1. The molecule has 10 amide bonds. The Hall–Kier alpha value is -10.6. The smallest absolute Gasteiger partial charge is 0.322 e. The second-order valence-electron chi connectivity index (χ2n) is 23.7. The SMILES string of the molecule is CC(C)C[C@H](NC(=O)[C@H](Cc1ccc(O)cc1)NC(=O)[C@H](CC(C)C)NC(=O)[C@H](CO)NC(=O)[C@H](CCC(N)=O)NC(=O)[C@@H](N)Cc1c[nH]c2ccccc12)C(=O)N[C@@H](Cc1ccc(O)cc1)C(=O)N[C@@H](Cc1cnc[nH]1)C(=O)N[C@@H](CCCN=C(N)N)C(=O)NCC(=O)O. The summed E-state index contributed by atoms with van der Waals surface area (Å²) >= 11 is 0. The van der Waals surface area contributed by atoms with Crippen LogP contribution >= 0.6 is 0 Å². The number of carbonyl (C=O) groups is 11. The largest absolute Gasteiger partial charge is 0.508 e. The van der Waals surface area contributed by atoms with E-state index in [1.807, 2.05) is 24.3 Å². The minimum atomic E-state index is -1.75. The molecule has 3 aromatic carbocycles. The average molecular weight is 1320 g/mol. The number of imidazole rings is 1. The zero-order chi connectivity index (χ0) is 69.9. The molecule has 0 bridgehead atoms. The summed E-state index contributed by atoms with van der Waals surface area (Å²) in [6, 6.07) is 5.37. The van der Waals surface area contributed by atoms with Crippen LogP contribution in [0.2, 0.25) is 0 Å². The molecule has 0 fully saturated rings. The molecule has 0 aliphatic rings. The number of phenolic OH excluding ortho intramolecular Hbond substituents is 2. The molecule has 5 aromatic rings. The summed E-state index contributed by atoms with van der Waals surface area (Å²) in [5.74, 6) is -11.6. The maximum atomic E-state index is 14.8. The van der Waals surface area contributed by atoms with Gasteiger partial charge in [-0.15, -0.1) is 0 Å². The van der Waals surface area contributed by atoms with Gasteiger partial charge in [-0.05, 0) is 97.4 Å². The lowest BCUT2D eigenvalue weighted by molar-refractivity contribution is -0.138. The molecule has 9 atom stereocenters. The van der Waals surface area contributed by atoms with Gasteiger partial charge in [0, 0.05) is 61.2 Å². The van der Waals surface area contributed by atoms with Crippen LogP contribution in [0.25, 0.3) is 10.9 Å². The predicted octanol–water partition coefficient (Wildman–Crippen LogP) is -2.62. The number of phenols is 2. The lowest BCUT2D eigenvalue weighted by Gasteiger charge is -2.29. The number of hydrogen-bond acceptors (Lipinski definition) is 17. The molecule has 32 nitrogen and oxygen atoms in total. The van der Waals surface area contributed by atoms with Crippen molar-refractivity contribution in [3.8, 4) is 11.5 Å². The Morgan fingerprint density at radius 2 is 0.989 bits per heavy atom. The molecular formula is C63H87N17O15. The highest BCUT2D eigenvalue weighted by atomic mass is 16.4. The van der Waals surface area contributed by atoms with Gasteiger partial charge in [0.15, 0.2) is 5.96 Å². The maximum Gasteiger partial charge on any atom is 0.322 e. The van der Waals surface area contributed by atoms with Crippen LogP contribution in [0.3, 0.4) is 0 Å². The summed E-state index contributed by atoms with van der Waals surface area (Å²) in [5.41, 5.74) is 25.3. The number of carbonyl (C=O) groups excluding carboxylic acids is 10. The molecule has 514 valence electrons. The number of nitrogens with one attached hydrogen (secondary N) is 11. The minimum absolute atomic E-state index is 0.0383. The number of carboxylic acid groups (broad SMARTS) is 1. The number of para-hydroxylation sites is 1. The maximum absolute atomic E-state index is 14.8. The first-order valence-electron chi connectivity index (χ1n) is 30.8. The molecular weight excluding hydrogens is 1230 g/mol. The number of aromatic nitrogens is 3. The van der Waals surface area contributed by atoms with Crippen molar-refractivity contribution in [3.05, 3.63) is 114 Å². The summed E-state index contributed by atoms with van der Waals surface area (Å²) in [4.78, 5) is 165. The second kappa shape index (κ2) is 37.2. The number of nitrogens with two attached hydrogens (primary N) is 4. The normalized spacial score (nSPS) is 14.0. The first-order chi connectivity index (χ1) is 45.1. The topological polar surface area (TPSA) is 538 Å². The average Bonchev–Trinajstić information content (AvgIpc) is 1.78. The Morgan fingerprint density at radius 3 is 1.47 bits per heavy atom. The van der Waals surface area contributed by atoms with Gasteiger partial charge in [-0.2, -0.15) is 0 Å². The van der Waals surface area contributed by atoms with E-state index in [0.717, 1.165) is 16.5 Å². The Kier molecular flexibility index (Phi) is 29.4. The van der Waals surface area contributed by atoms with Crippen molar-refractivity contribution in [3.63, 3.8) is 0 Å². The highest BCUT2D eigenvalue weighted by Gasteiger charge is 2.36. The van der Waals surface area contributed by atoms with Crippen molar-refractivity contribution >= 4 is 81.9 Å². The molecule has 32 heteroatoms. The van der Waals surface area contributed by atoms with E-state index in [9.17, 15) is 73.2 Å². The van der Waals surface area contributed by atoms with E-state index < -0.39 is 133 Å². The third-order valence-corrected chi connectivity index (χ3v) is 14.9. The highest BCUT2D eigenvalue weighted by molar-refractivity contribution is 5.99. The molecule has 0 saturated carbocycles. The van der Waals surface area contributed by atoms with E-state index in [1.54, 1.807) is 33.9 Å². The zero-order valence-corrected chi connectivity index (χ0v) is 53.2. The molecule has 0 unspecified atom stereocenters. The van der Waals surface area contributed by atoms with Gasteiger partial charge in [0.1, 0.15) is 66.4 Å². The molecule has 0 radical (unpaired) electrons. The van der Waals surface area contributed by atoms with Crippen molar-refractivity contribution in [1.29, 1.82) is 0 Å². The fourth-order valence-corrected chi connectivity index (χ4v) is 10.0. The summed E-state index contributed by atoms with van der Waals surface area (Å²) in [5, 5.41) is 63.8. The highest BCUT2D eigenvalue weighted by Crippen LogP contribution is 2.20. The zero-order valence-electron chi connectivity index (χ0n) is 53.2. The summed E-state index contributed by atoms with van der Waals surface area (Å²) in [6.45, 7) is 5.20. The first-order valence-corrected chi connectivity index (χ1v) is 30.8. The molecule has 5 rings (SSSR count). The monoisotopic (exact) mass is 1320 g/mol. The molecule has 0 saturated heterocycles. The van der Waals surface area contributed by atoms with Crippen LogP contribution in [0.15, 0.2) is 96.5 Å². The van der Waals surface area contributed by atoms with E-state index in [-0.39, 0.29) is 100 Å². The quantitative estimate of drug-likeness (QED) is 0.0109. The van der Waals surface area contributed by atoms with Gasteiger partial charge in [0.05, 0.1) is 19.0 Å². The molecule has 0 aliphatic heterocycles. The van der Waals surface area contributed by atoms with E-state index in [2.05, 4.69) is 67.8 Å². The Balaban J connectivity index is 1.39. The number of aliphatic imine (C=N–C) groups is 1. The van der Waals surface area contributed by atoms with Gasteiger partial charge in [-0.1, -0.05) is 70.2 Å². The van der Waals surface area contributed by atoms with Crippen molar-refractivity contribution in [2.75, 3.05) is 19.7 Å². The second-order valence-corrected chi connectivity index (χ2v) is 23.7. The summed E-state index contributed by atoms with van der Waals surface area (Å²) in [6.07, 6.45) is 2.90. The van der Waals surface area contributed by atoms with Crippen LogP contribution in [-0.4, -0.2) is 180 Å². The number of H-pyrrole nitrogens is 2. The first kappa shape index (κ1) is 75.1. The Labute approximate surface area is 547 Å². The number of aliphatic carboxylic acids is 1. The number of nitrogens with zero attached hydrogens (tertiary/aromatic N) is 2. The molecule has 2 aromatic heterocycles. The lowest BCUT2D eigenvalue weighted by Crippen LogP contribution is -2.61. The number of aliphatic hydroxyl groups is 1. The van der Waals surface area contributed by atoms with Crippen molar-refractivity contribution < 1.29 is 73.2 Å². The minimum Gasteiger partial charge on any atom is -0.508 e. The van der Waals surface area contributed by atoms with E-state index in [0.29, 0.717) is 16.8 Å². The van der Waals surface area contributed by atoms with Gasteiger partial charge < -0.3 is 101 Å². The molecule has 0 spiro atoms. The number of rotatable bonds is 39. The molecule has 0 aliphatic carbocycles. The van der Waals surface area contributed by atoms with Crippen LogP contribution in [0.5, 0.6) is 11.5 Å². The number of fused-ring (bicyclic) bond motifs is 1. The Bertz CT molecular complexity index is 3450. The van der Waals surface area contributed by atoms with Gasteiger partial charge in [0.25, 0.3) is 0 Å². The van der Waals surface area contributed by atoms with Crippen LogP contribution < -0.4 is 70.8 Å². The van der Waals surface area contributed by atoms with Gasteiger partial charge >= 0.3 is 5.97 Å². The van der Waals surface area contributed by atoms with E-state index in [4.69, 9.17) is 22.9 Å². The molecule has 23 N–H and O–H groups in total. The molecule has 2 heterocycles. The number of aromatic hydroxyl groups is 2. The van der Waals surface area contributed by atoms with Crippen molar-refractivity contribution in [2.45, 2.75) is 146 Å². The van der Waals surface area contributed by atoms with Gasteiger partial charge in [-0.3, -0.25) is 57.7 Å². The number of amides is 10. The van der Waals surface area contributed by atoms with Crippen molar-refractivity contribution in [2.24, 2.45) is 39.8 Å². The Morgan fingerprint density at radius 1 is 0.537 bits per heavy atom. The third kappa shape index (κ3) is 25.4. The standard InChI is InChI=1S/C63H87N17O15/c1-33(2)22-46(57(90)78-49(25-36-13-17-40(83)18-14-36)60(93)79-50(27-38-29-68-32-72-38)61(94)74-44(10-7-21-69-63(66)67)55(88)71-30-53(85)86)75-59(92)48(24-35-11-15-39(82)16-12-35)77-58(91)47(23-34(3)4)76-62(95)51(31-81)80-56(89)45(19-20-52(65)84)73-54(87)42(64)26-37-28-70-43-9-6-5-8-41(37)43/h5-6,8-9,11-18,28-29,32-34,42,44-51,70,81-83H,7,10,19-27,30-31,64H2,1-4H3,(H2,65,84)(H,68,72)(H,71,88)(H,73,87)(H,74,94)(H,75,92)(H,76,95)(H,77,91)(H,78,90)(H,79,93)(H,80,89)(H,85,86)(H4,66,67,69)/t42-,44-,45-,46-,47-,48-,49-,50-,51-/m0/s1. The van der Waals surface area contributed by atoms with Crippen LogP contribution in [0.4, 0.5) is 0 Å². The van der Waals surface area contributed by atoms with E-state index in [1.165, 1.54) is 61.1 Å². The predicted molar refractivity (Wildman–Crippen MR) is 346 cm³/mol. The summed E-state index contributed by atoms with van der Waals surface area (Å²) < 4.78 is 0. The van der Waals surface area contributed by atoms with Gasteiger partial charge in [-0.25, -0.2) is 4.98 Å². The fourth-order valence-electron chi connectivity index (χ4n) is 10.0. The number of aromatic amines is 2. The fraction of sp³-hybridized carbons (Fsp3) is 0.444. The van der Waals surface area contributed by atoms with E-state index >= 15 is 0 Å². The third-order valence-electron chi connectivity index (χ3n) is 14.9. The lowest BCUT2D eigenvalue weighted by atomic mass is 9.98. The molecule has 95 heavy (non-hydrogen) atoms. The number of guanidine groups is 1. The number of primary amides is 1. The van der Waals surface area contributed by atoms with Crippen LogP contribution in [-0.2, 0) is 78.4 Å². The number of benzene rings is 3. The van der Waals surface area contributed by atoms with Gasteiger partial charge in [0.2, 0.25) is 59.1 Å². The van der Waals surface area contributed by atoms with Crippen molar-refractivity contribution in [1.82, 2.24) is 62.8 Å². The number of aliphatic hydroxyl groups excluding tert-OH is 1. The van der Waals surface area contributed by atoms with Crippen LogP contribution in [0, 0.1) is 11.8 Å². The van der Waals surface area contributed by atoms with Crippen LogP contribution in [0.1, 0.15) is 88.6 Å². The summed E-state index contributed by atoms with van der Waals surface area (Å²) in [7, 11) is 0. The number of hydrogen-bond donors (Lipinski definition) is 19.